The van der Waals surface area contributed by atoms with Gasteiger partial charge in [-0.2, -0.15) is 10.1 Å². The summed E-state index contributed by atoms with van der Waals surface area (Å²) in [4.78, 5) is 30.0. The fourth-order valence-corrected chi connectivity index (χ4v) is 3.59. The molecule has 0 bridgehead atoms. The molecule has 0 aliphatic carbocycles. The first-order valence-corrected chi connectivity index (χ1v) is 10.4. The molecule has 168 valence electrons. The average molecular weight is 447 g/mol. The summed E-state index contributed by atoms with van der Waals surface area (Å²) in [5.41, 5.74) is -0.237. The van der Waals surface area contributed by atoms with Gasteiger partial charge in [0.1, 0.15) is 5.69 Å². The summed E-state index contributed by atoms with van der Waals surface area (Å²) in [6.45, 7) is 3.14. The van der Waals surface area contributed by atoms with E-state index in [-0.39, 0.29) is 23.9 Å². The molecule has 1 fully saturated rings. The van der Waals surface area contributed by atoms with Crippen molar-refractivity contribution >= 4 is 11.7 Å². The van der Waals surface area contributed by atoms with E-state index in [1.807, 2.05) is 13.1 Å². The van der Waals surface area contributed by atoms with Crippen LogP contribution in [0.3, 0.4) is 0 Å². The summed E-state index contributed by atoms with van der Waals surface area (Å²) < 4.78 is 11.2. The zero-order chi connectivity index (χ0) is 23.9. The summed E-state index contributed by atoms with van der Waals surface area (Å²) in [5.74, 6) is 0.496. The van der Waals surface area contributed by atoms with E-state index >= 15 is 0 Å². The van der Waals surface area contributed by atoms with Crippen molar-refractivity contribution in [1.29, 1.82) is 0 Å². The maximum Gasteiger partial charge on any atom is 0.260 e. The smallest absolute Gasteiger partial charge is 0.260 e. The van der Waals surface area contributed by atoms with E-state index in [1.165, 1.54) is 21.8 Å². The monoisotopic (exact) mass is 447 g/mol. The number of aromatic amines is 1. The summed E-state index contributed by atoms with van der Waals surface area (Å²) in [5, 5.41) is 23.2. The molecule has 1 unspecified atom stereocenters. The number of H-pyrrole nitrogens is 1. The SMILES string of the molecule is [2H]c1cc(-c2cccc(-n3cc(C4(O)CCN(C)C4=O)nn3)n2)[nH]c(=Nc2ccn(CC)n2)n1. The van der Waals surface area contributed by atoms with Crippen molar-refractivity contribution in [2.75, 3.05) is 13.6 Å². The minimum absolute atomic E-state index is 0.0174. The lowest BCUT2D eigenvalue weighted by Gasteiger charge is -2.17. The maximum absolute atomic E-state index is 12.4. The van der Waals surface area contributed by atoms with Gasteiger partial charge in [0, 0.05) is 45.0 Å². The predicted octanol–water partition coefficient (Wildman–Crippen LogP) is 0.551. The van der Waals surface area contributed by atoms with Crippen LogP contribution in [0, 0.1) is 0 Å². The van der Waals surface area contributed by atoms with Gasteiger partial charge in [0.05, 0.1) is 19.0 Å². The van der Waals surface area contributed by atoms with Gasteiger partial charge in [-0.25, -0.2) is 14.6 Å². The largest absolute Gasteiger partial charge is 0.374 e. The molecule has 33 heavy (non-hydrogen) atoms. The Kier molecular flexibility index (Phi) is 4.76. The lowest BCUT2D eigenvalue weighted by Crippen LogP contribution is -2.36. The van der Waals surface area contributed by atoms with Crippen molar-refractivity contribution in [3.05, 3.63) is 60.2 Å². The lowest BCUT2D eigenvalue weighted by molar-refractivity contribution is -0.143. The fourth-order valence-electron chi connectivity index (χ4n) is 3.59. The molecule has 1 amide bonds. The molecule has 4 aromatic rings. The summed E-state index contributed by atoms with van der Waals surface area (Å²) >= 11 is 0. The number of hydrogen-bond donors (Lipinski definition) is 2. The van der Waals surface area contributed by atoms with E-state index in [0.717, 1.165) is 6.54 Å². The Morgan fingerprint density at radius 2 is 2.21 bits per heavy atom. The Balaban J connectivity index is 1.48. The van der Waals surface area contributed by atoms with Gasteiger partial charge < -0.3 is 15.0 Å². The number of aryl methyl sites for hydroxylation is 1. The molecule has 4 aromatic heterocycles. The lowest BCUT2D eigenvalue weighted by atomic mass is 9.99. The molecule has 1 aliphatic rings. The number of hydrogen-bond acceptors (Lipinski definition) is 8. The third kappa shape index (κ3) is 3.80. The Labute approximate surface area is 189 Å². The molecule has 5 rings (SSSR count). The van der Waals surface area contributed by atoms with Crippen LogP contribution in [0.4, 0.5) is 5.82 Å². The number of carbonyl (C=O) groups excluding carboxylic acids is 1. The number of aliphatic hydroxyl groups is 1. The highest BCUT2D eigenvalue weighted by molar-refractivity contribution is 5.87. The van der Waals surface area contributed by atoms with E-state index in [2.05, 4.69) is 35.4 Å². The van der Waals surface area contributed by atoms with Crippen molar-refractivity contribution in [3.63, 3.8) is 0 Å². The van der Waals surface area contributed by atoms with E-state index in [1.54, 1.807) is 36.0 Å². The second-order valence-corrected chi connectivity index (χ2v) is 7.66. The number of carbonyl (C=O) groups is 1. The number of rotatable bonds is 5. The van der Waals surface area contributed by atoms with Crippen LogP contribution in [0.1, 0.15) is 20.4 Å². The molecule has 0 radical (unpaired) electrons. The second kappa shape index (κ2) is 8.06. The summed E-state index contributed by atoms with van der Waals surface area (Å²) in [6, 6.07) is 8.57. The van der Waals surface area contributed by atoms with Crippen molar-refractivity contribution in [2.45, 2.75) is 25.5 Å². The van der Waals surface area contributed by atoms with Crippen molar-refractivity contribution in [3.8, 4) is 17.2 Å². The van der Waals surface area contributed by atoms with Crippen LogP contribution in [0.25, 0.3) is 17.2 Å². The third-order valence-corrected chi connectivity index (χ3v) is 5.47. The Morgan fingerprint density at radius 3 is 2.97 bits per heavy atom. The molecule has 0 aromatic carbocycles. The standard InChI is InChI=1S/C21H22N10O2/c1-3-30-11-8-17(27-30)25-20-22-10-7-15(24-20)14-5-4-6-18(23-14)31-13-16(26-28-31)21(33)9-12-29(2)19(21)32/h4-8,10-11,13,33H,3,9,12H2,1-2H3,(H,22,24,25,27)/i10D. The Hall–Kier alpha value is -4.19. The van der Waals surface area contributed by atoms with Crippen LogP contribution in [-0.2, 0) is 16.9 Å². The summed E-state index contributed by atoms with van der Waals surface area (Å²) in [6.07, 6.45) is 3.58. The van der Waals surface area contributed by atoms with Crippen molar-refractivity contribution in [1.82, 2.24) is 44.6 Å². The van der Waals surface area contributed by atoms with Crippen LogP contribution in [0.2, 0.25) is 0 Å². The first-order chi connectivity index (χ1) is 16.4. The van der Waals surface area contributed by atoms with Gasteiger partial charge in [-0.3, -0.25) is 9.48 Å². The molecule has 1 aliphatic heterocycles. The number of nitrogens with one attached hydrogen (secondary N) is 1. The highest BCUT2D eigenvalue weighted by Crippen LogP contribution is 2.31. The van der Waals surface area contributed by atoms with Gasteiger partial charge in [0.25, 0.3) is 5.91 Å². The molecule has 12 nitrogen and oxygen atoms in total. The van der Waals surface area contributed by atoms with Gasteiger partial charge in [0.15, 0.2) is 17.2 Å². The molecule has 1 saturated heterocycles. The van der Waals surface area contributed by atoms with Crippen LogP contribution in [0.5, 0.6) is 0 Å². The van der Waals surface area contributed by atoms with E-state index in [4.69, 9.17) is 1.37 Å². The maximum atomic E-state index is 12.4. The van der Waals surface area contributed by atoms with E-state index < -0.39 is 11.5 Å². The molecule has 12 heteroatoms. The zero-order valence-electron chi connectivity index (χ0n) is 19.0. The van der Waals surface area contributed by atoms with Crippen molar-refractivity contribution in [2.24, 2.45) is 4.99 Å². The van der Waals surface area contributed by atoms with Gasteiger partial charge in [-0.15, -0.1) is 5.10 Å². The highest BCUT2D eigenvalue weighted by atomic mass is 16.3. The molecule has 5 heterocycles. The Morgan fingerprint density at radius 1 is 1.33 bits per heavy atom. The first-order valence-electron chi connectivity index (χ1n) is 10.9. The number of amides is 1. The van der Waals surface area contributed by atoms with Crippen LogP contribution in [0.15, 0.2) is 53.9 Å². The first kappa shape index (κ1) is 19.5. The second-order valence-electron chi connectivity index (χ2n) is 7.66. The molecule has 2 N–H and O–H groups in total. The number of likely N-dealkylation sites (tertiary alicyclic amines) is 1. The van der Waals surface area contributed by atoms with Gasteiger partial charge in [-0.1, -0.05) is 11.3 Å². The predicted molar refractivity (Wildman–Crippen MR) is 116 cm³/mol. The third-order valence-electron chi connectivity index (χ3n) is 5.47. The average Bonchev–Trinajstić information content (AvgIpc) is 3.56. The highest BCUT2D eigenvalue weighted by Gasteiger charge is 2.47. The molecular formula is C21H22N10O2. The number of pyridine rings is 1. The van der Waals surface area contributed by atoms with Crippen molar-refractivity contribution < 1.29 is 11.3 Å². The van der Waals surface area contributed by atoms with Gasteiger partial charge >= 0.3 is 0 Å². The van der Waals surface area contributed by atoms with Crippen LogP contribution >= 0.6 is 0 Å². The number of likely N-dealkylation sites (N-methyl/N-ethyl adjacent to an activating group) is 1. The van der Waals surface area contributed by atoms with Crippen LogP contribution < -0.4 is 5.62 Å². The quantitative estimate of drug-likeness (QED) is 0.455. The van der Waals surface area contributed by atoms with Crippen LogP contribution in [-0.4, -0.2) is 69.2 Å². The molecular weight excluding hydrogens is 424 g/mol. The Bertz CT molecular complexity index is 1440. The molecule has 1 atom stereocenters. The number of aromatic nitrogens is 8. The molecule has 0 spiro atoms. The summed E-state index contributed by atoms with van der Waals surface area (Å²) in [7, 11) is 1.64. The minimum atomic E-state index is -1.69. The normalized spacial score (nSPS) is 19.4. The van der Waals surface area contributed by atoms with Gasteiger partial charge in [-0.05, 0) is 25.1 Å². The topological polar surface area (TPSA) is 143 Å². The molecule has 0 saturated carbocycles. The number of nitrogens with zero attached hydrogens (tertiary/aromatic N) is 9. The van der Waals surface area contributed by atoms with E-state index in [0.29, 0.717) is 29.6 Å². The zero-order valence-corrected chi connectivity index (χ0v) is 18.0. The van der Waals surface area contributed by atoms with Gasteiger partial charge in [0.2, 0.25) is 5.62 Å². The fraction of sp³-hybridized carbons (Fsp3) is 0.286. The minimum Gasteiger partial charge on any atom is -0.374 e. The van der Waals surface area contributed by atoms with E-state index in [9.17, 15) is 9.90 Å².